The van der Waals surface area contributed by atoms with Crippen molar-refractivity contribution in [3.05, 3.63) is 65.2 Å². The number of rotatable bonds is 2. The van der Waals surface area contributed by atoms with Gasteiger partial charge in [-0.05, 0) is 25.1 Å². The fraction of sp³-hybridized carbons (Fsp3) is 0.176. The summed E-state index contributed by atoms with van der Waals surface area (Å²) in [6.45, 7) is 2.57. The first kappa shape index (κ1) is 13.4. The number of anilines is 1. The monoisotopic (exact) mass is 279 g/mol. The Bertz CT molecular complexity index is 721. The summed E-state index contributed by atoms with van der Waals surface area (Å²) in [5.41, 5.74) is 10.2. The van der Waals surface area contributed by atoms with Crippen LogP contribution in [0.3, 0.4) is 0 Å². The van der Waals surface area contributed by atoms with Gasteiger partial charge in [-0.2, -0.15) is 5.10 Å². The van der Waals surface area contributed by atoms with Gasteiger partial charge in [-0.1, -0.05) is 35.9 Å². The Kier molecular flexibility index (Phi) is 3.44. The number of hydrazone groups is 1. The number of hydrogen-bond acceptors (Lipinski definition) is 3. The molecule has 0 radical (unpaired) electrons. The van der Waals surface area contributed by atoms with Crippen LogP contribution in [0.25, 0.3) is 0 Å². The van der Waals surface area contributed by atoms with E-state index in [4.69, 9.17) is 5.73 Å². The van der Waals surface area contributed by atoms with Gasteiger partial charge in [-0.25, -0.2) is 5.01 Å². The van der Waals surface area contributed by atoms with E-state index in [0.29, 0.717) is 17.8 Å². The molecule has 0 saturated heterocycles. The van der Waals surface area contributed by atoms with Crippen LogP contribution < -0.4 is 5.73 Å². The van der Waals surface area contributed by atoms with Crippen molar-refractivity contribution in [2.24, 2.45) is 5.10 Å². The fourth-order valence-corrected chi connectivity index (χ4v) is 2.48. The van der Waals surface area contributed by atoms with Gasteiger partial charge in [0.15, 0.2) is 0 Å². The number of nitrogens with zero attached hydrogens (tertiary/aromatic N) is 2. The zero-order chi connectivity index (χ0) is 14.8. The minimum Gasteiger partial charge on any atom is -0.398 e. The largest absolute Gasteiger partial charge is 0.398 e. The molecule has 4 nitrogen and oxygen atoms in total. The van der Waals surface area contributed by atoms with E-state index in [0.717, 1.165) is 23.3 Å². The second-order valence-electron chi connectivity index (χ2n) is 5.18. The number of carbonyl (C=O) groups excluding carboxylic acids is 1. The highest BCUT2D eigenvalue weighted by molar-refractivity contribution is 6.07. The average Bonchev–Trinajstić information content (AvgIpc) is 2.96. The molecule has 2 aromatic carbocycles. The lowest BCUT2D eigenvalue weighted by molar-refractivity contribution is 0.0778. The Morgan fingerprint density at radius 2 is 2.00 bits per heavy atom. The third kappa shape index (κ3) is 2.65. The summed E-state index contributed by atoms with van der Waals surface area (Å²) < 4.78 is 0. The van der Waals surface area contributed by atoms with E-state index < -0.39 is 0 Å². The van der Waals surface area contributed by atoms with E-state index >= 15 is 0 Å². The maximum absolute atomic E-state index is 12.4. The molecule has 0 aliphatic carbocycles. The summed E-state index contributed by atoms with van der Waals surface area (Å²) >= 11 is 0. The second kappa shape index (κ2) is 5.40. The van der Waals surface area contributed by atoms with Crippen LogP contribution in [0.4, 0.5) is 5.69 Å². The summed E-state index contributed by atoms with van der Waals surface area (Å²) in [4.78, 5) is 12.4. The molecule has 1 amide bonds. The summed E-state index contributed by atoms with van der Waals surface area (Å²) in [6.07, 6.45) is 0.728. The van der Waals surface area contributed by atoms with Crippen LogP contribution in [0.1, 0.15) is 27.9 Å². The maximum atomic E-state index is 12.4. The van der Waals surface area contributed by atoms with Gasteiger partial charge in [0.1, 0.15) is 0 Å². The van der Waals surface area contributed by atoms with Crippen LogP contribution in [0.15, 0.2) is 53.6 Å². The van der Waals surface area contributed by atoms with Crippen molar-refractivity contribution in [2.45, 2.75) is 13.3 Å². The first-order valence-corrected chi connectivity index (χ1v) is 6.96. The van der Waals surface area contributed by atoms with Crippen molar-refractivity contribution >= 4 is 17.3 Å². The molecule has 3 rings (SSSR count). The Morgan fingerprint density at radius 1 is 1.19 bits per heavy atom. The van der Waals surface area contributed by atoms with E-state index in [9.17, 15) is 4.79 Å². The molecular formula is C17H17N3O. The van der Waals surface area contributed by atoms with Crippen molar-refractivity contribution in [1.82, 2.24) is 5.01 Å². The molecule has 106 valence electrons. The highest BCUT2D eigenvalue weighted by Gasteiger charge is 2.23. The lowest BCUT2D eigenvalue weighted by Gasteiger charge is -2.11. The molecule has 2 aromatic rings. The maximum Gasteiger partial charge on any atom is 0.273 e. The highest BCUT2D eigenvalue weighted by Crippen LogP contribution is 2.20. The number of para-hydroxylation sites is 1. The highest BCUT2D eigenvalue weighted by atomic mass is 16.2. The average molecular weight is 279 g/mol. The van der Waals surface area contributed by atoms with Crippen molar-refractivity contribution in [1.29, 1.82) is 0 Å². The number of nitrogens with two attached hydrogens (primary N) is 1. The minimum atomic E-state index is -0.0665. The molecule has 2 N–H and O–H groups in total. The third-order valence-corrected chi connectivity index (χ3v) is 3.57. The summed E-state index contributed by atoms with van der Waals surface area (Å²) in [6, 6.07) is 15.2. The topological polar surface area (TPSA) is 58.7 Å². The zero-order valence-corrected chi connectivity index (χ0v) is 11.9. The molecule has 21 heavy (non-hydrogen) atoms. The van der Waals surface area contributed by atoms with Crippen molar-refractivity contribution in [3.63, 3.8) is 0 Å². The molecule has 4 heteroatoms. The molecular weight excluding hydrogens is 262 g/mol. The Morgan fingerprint density at radius 3 is 2.76 bits per heavy atom. The van der Waals surface area contributed by atoms with E-state index in [1.54, 1.807) is 0 Å². The van der Waals surface area contributed by atoms with E-state index in [2.05, 4.69) is 5.10 Å². The predicted octanol–water partition coefficient (Wildman–Crippen LogP) is 2.83. The van der Waals surface area contributed by atoms with E-state index in [1.807, 2.05) is 55.5 Å². The summed E-state index contributed by atoms with van der Waals surface area (Å²) in [5, 5.41) is 5.97. The molecule has 0 bridgehead atoms. The molecule has 1 aliphatic heterocycles. The molecule has 0 aromatic heterocycles. The number of nitrogen functional groups attached to an aromatic ring is 1. The van der Waals surface area contributed by atoms with Gasteiger partial charge in [0.05, 0.1) is 12.3 Å². The van der Waals surface area contributed by atoms with Gasteiger partial charge in [0, 0.05) is 23.2 Å². The minimum absolute atomic E-state index is 0.0665. The first-order valence-electron chi connectivity index (χ1n) is 6.96. The molecule has 0 atom stereocenters. The number of hydrogen-bond donors (Lipinski definition) is 1. The van der Waals surface area contributed by atoms with Crippen LogP contribution in [0.5, 0.6) is 0 Å². The Balaban J connectivity index is 1.86. The Labute approximate surface area is 123 Å². The van der Waals surface area contributed by atoms with E-state index in [1.165, 1.54) is 5.01 Å². The quantitative estimate of drug-likeness (QED) is 0.859. The Hall–Kier alpha value is -2.62. The lowest BCUT2D eigenvalue weighted by Crippen LogP contribution is -2.23. The summed E-state index contributed by atoms with van der Waals surface area (Å²) in [7, 11) is 0. The lowest BCUT2D eigenvalue weighted by atomic mass is 10.1. The fourth-order valence-electron chi connectivity index (χ4n) is 2.48. The molecule has 0 unspecified atom stereocenters. The van der Waals surface area contributed by atoms with Gasteiger partial charge >= 0.3 is 0 Å². The van der Waals surface area contributed by atoms with Gasteiger partial charge in [0.25, 0.3) is 5.91 Å². The van der Waals surface area contributed by atoms with Crippen molar-refractivity contribution in [3.8, 4) is 0 Å². The normalized spacial score (nSPS) is 14.1. The molecule has 1 aliphatic rings. The van der Waals surface area contributed by atoms with Crippen LogP contribution in [0, 0.1) is 6.92 Å². The summed E-state index contributed by atoms with van der Waals surface area (Å²) in [5.74, 6) is -0.0665. The molecule has 1 heterocycles. The zero-order valence-electron chi connectivity index (χ0n) is 11.9. The van der Waals surface area contributed by atoms with E-state index in [-0.39, 0.29) is 5.91 Å². The van der Waals surface area contributed by atoms with Crippen molar-refractivity contribution in [2.75, 3.05) is 12.3 Å². The number of carbonyl (C=O) groups is 1. The van der Waals surface area contributed by atoms with Crippen LogP contribution in [-0.2, 0) is 0 Å². The van der Waals surface area contributed by atoms with Gasteiger partial charge in [-0.3, -0.25) is 4.79 Å². The number of aryl methyl sites for hydroxylation is 1. The van der Waals surface area contributed by atoms with Gasteiger partial charge < -0.3 is 5.73 Å². The van der Waals surface area contributed by atoms with Crippen molar-refractivity contribution < 1.29 is 4.79 Å². The number of amides is 1. The SMILES string of the molecule is Cc1cccc(C(=O)N2CCC(c3ccccc3N)=N2)c1. The van der Waals surface area contributed by atoms with Crippen LogP contribution in [0.2, 0.25) is 0 Å². The number of benzene rings is 2. The van der Waals surface area contributed by atoms with Crippen LogP contribution in [-0.4, -0.2) is 23.2 Å². The molecule has 0 spiro atoms. The standard InChI is InChI=1S/C17H17N3O/c1-12-5-4-6-13(11-12)17(21)20-10-9-16(19-20)14-7-2-3-8-15(14)18/h2-8,11H,9-10,18H2,1H3. The smallest absolute Gasteiger partial charge is 0.273 e. The third-order valence-electron chi connectivity index (χ3n) is 3.57. The molecule has 0 saturated carbocycles. The first-order chi connectivity index (χ1) is 10.1. The second-order valence-corrected chi connectivity index (χ2v) is 5.18. The molecule has 0 fully saturated rings. The van der Waals surface area contributed by atoms with Gasteiger partial charge in [-0.15, -0.1) is 0 Å². The van der Waals surface area contributed by atoms with Gasteiger partial charge in [0.2, 0.25) is 0 Å². The van der Waals surface area contributed by atoms with Crippen LogP contribution >= 0.6 is 0 Å². The predicted molar refractivity (Wildman–Crippen MR) is 84.2 cm³/mol.